The fraction of sp³-hybridized carbons (Fsp3) is 0.462. The minimum absolute atomic E-state index is 0.0566. The van der Waals surface area contributed by atoms with Gasteiger partial charge in [-0.2, -0.15) is 0 Å². The van der Waals surface area contributed by atoms with Gasteiger partial charge in [-0.25, -0.2) is 9.97 Å². The molecule has 19 heavy (non-hydrogen) atoms. The normalized spacial score (nSPS) is 12.6. The molecule has 0 aliphatic carbocycles. The average molecular weight is 278 g/mol. The predicted molar refractivity (Wildman–Crippen MR) is 76.4 cm³/mol. The van der Waals surface area contributed by atoms with E-state index in [0.29, 0.717) is 17.9 Å². The molecule has 0 fully saturated rings. The van der Waals surface area contributed by atoms with E-state index in [1.54, 1.807) is 18.3 Å². The van der Waals surface area contributed by atoms with Crippen molar-refractivity contribution in [3.63, 3.8) is 0 Å². The van der Waals surface area contributed by atoms with Crippen molar-refractivity contribution in [3.8, 4) is 0 Å². The summed E-state index contributed by atoms with van der Waals surface area (Å²) in [6.07, 6.45) is 0. The lowest BCUT2D eigenvalue weighted by molar-refractivity contribution is 0.557. The van der Waals surface area contributed by atoms with Gasteiger partial charge in [0, 0.05) is 23.7 Å². The first-order valence-electron chi connectivity index (χ1n) is 6.19. The van der Waals surface area contributed by atoms with Crippen LogP contribution in [0.5, 0.6) is 0 Å². The Bertz CT molecular complexity index is 632. The van der Waals surface area contributed by atoms with Gasteiger partial charge in [-0.3, -0.25) is 4.79 Å². The van der Waals surface area contributed by atoms with Crippen molar-refractivity contribution in [2.45, 2.75) is 40.3 Å². The molecule has 0 aromatic carbocycles. The van der Waals surface area contributed by atoms with Crippen molar-refractivity contribution in [3.05, 3.63) is 43.5 Å². The zero-order chi connectivity index (χ0) is 14.0. The molecule has 102 valence electrons. The van der Waals surface area contributed by atoms with Gasteiger partial charge in [0.1, 0.15) is 5.82 Å². The monoisotopic (exact) mass is 278 g/mol. The molecule has 2 rings (SSSR count). The summed E-state index contributed by atoms with van der Waals surface area (Å²) in [4.78, 5) is 23.4. The number of rotatable bonds is 4. The number of aromatic nitrogens is 3. The highest BCUT2D eigenvalue weighted by Gasteiger charge is 2.14. The van der Waals surface area contributed by atoms with Crippen molar-refractivity contribution < 1.29 is 0 Å². The quantitative estimate of drug-likeness (QED) is 0.897. The molecule has 0 aliphatic heterocycles. The Morgan fingerprint density at radius 2 is 2.11 bits per heavy atom. The molecule has 1 atom stereocenters. The molecule has 0 bridgehead atoms. The van der Waals surface area contributed by atoms with E-state index in [2.05, 4.69) is 20.3 Å². The lowest BCUT2D eigenvalue weighted by Crippen LogP contribution is -2.27. The molecule has 0 aliphatic rings. The average Bonchev–Trinajstić information content (AvgIpc) is 2.71. The summed E-state index contributed by atoms with van der Waals surface area (Å²) in [6, 6.07) is -0.0566. The number of nitrogens with one attached hydrogen (secondary N) is 2. The third-order valence-electron chi connectivity index (χ3n) is 2.95. The highest BCUT2D eigenvalue weighted by Crippen LogP contribution is 2.13. The number of aromatic amines is 1. The summed E-state index contributed by atoms with van der Waals surface area (Å²) < 4.78 is 0. The van der Waals surface area contributed by atoms with Crippen LogP contribution in [0.3, 0.4) is 0 Å². The van der Waals surface area contributed by atoms with Crippen LogP contribution in [0.1, 0.15) is 40.7 Å². The Labute approximate surface area is 116 Å². The van der Waals surface area contributed by atoms with Crippen LogP contribution < -0.4 is 10.9 Å². The summed E-state index contributed by atoms with van der Waals surface area (Å²) in [5.41, 5.74) is 2.40. The van der Waals surface area contributed by atoms with E-state index in [1.807, 2.05) is 26.2 Å². The third-order valence-corrected chi connectivity index (χ3v) is 3.78. The number of thiazole rings is 1. The van der Waals surface area contributed by atoms with E-state index in [-0.39, 0.29) is 11.6 Å². The Hall–Kier alpha value is -1.53. The van der Waals surface area contributed by atoms with Crippen molar-refractivity contribution in [2.24, 2.45) is 0 Å². The van der Waals surface area contributed by atoms with Gasteiger partial charge < -0.3 is 10.3 Å². The molecule has 0 saturated heterocycles. The Kier molecular flexibility index (Phi) is 4.11. The van der Waals surface area contributed by atoms with E-state index >= 15 is 0 Å². The zero-order valence-electron chi connectivity index (χ0n) is 11.6. The van der Waals surface area contributed by atoms with Crippen molar-refractivity contribution >= 4 is 11.3 Å². The second kappa shape index (κ2) is 5.63. The maximum absolute atomic E-state index is 12.0. The molecule has 5 nitrogen and oxygen atoms in total. The van der Waals surface area contributed by atoms with E-state index < -0.39 is 0 Å². The molecule has 2 aromatic rings. The second-order valence-electron chi connectivity index (χ2n) is 4.61. The van der Waals surface area contributed by atoms with Crippen molar-refractivity contribution in [1.82, 2.24) is 20.3 Å². The predicted octanol–water partition coefficient (Wildman–Crippen LogP) is 2.00. The molecule has 6 heteroatoms. The van der Waals surface area contributed by atoms with Gasteiger partial charge in [-0.05, 0) is 27.7 Å². The fourth-order valence-corrected chi connectivity index (χ4v) is 2.71. The van der Waals surface area contributed by atoms with Crippen LogP contribution in [0.15, 0.2) is 10.2 Å². The molecule has 0 amide bonds. The largest absolute Gasteiger partial charge is 0.310 e. The zero-order valence-corrected chi connectivity index (χ0v) is 12.4. The molecule has 2 N–H and O–H groups in total. The smallest absolute Gasteiger partial charge is 0.255 e. The van der Waals surface area contributed by atoms with Gasteiger partial charge in [-0.1, -0.05) is 0 Å². The van der Waals surface area contributed by atoms with Crippen molar-refractivity contribution in [1.29, 1.82) is 0 Å². The summed E-state index contributed by atoms with van der Waals surface area (Å²) in [7, 11) is 0. The number of hydrogen-bond donors (Lipinski definition) is 2. The van der Waals surface area contributed by atoms with Crippen LogP contribution in [0.2, 0.25) is 0 Å². The van der Waals surface area contributed by atoms with Crippen molar-refractivity contribution in [2.75, 3.05) is 0 Å². The van der Waals surface area contributed by atoms with Crippen LogP contribution in [0.25, 0.3) is 0 Å². The molecule has 0 spiro atoms. The van der Waals surface area contributed by atoms with Gasteiger partial charge in [-0.15, -0.1) is 11.3 Å². The van der Waals surface area contributed by atoms with Crippen LogP contribution >= 0.6 is 11.3 Å². The molecule has 1 unspecified atom stereocenters. The topological polar surface area (TPSA) is 70.7 Å². The maximum Gasteiger partial charge on any atom is 0.255 e. The van der Waals surface area contributed by atoms with Crippen LogP contribution in [-0.2, 0) is 6.54 Å². The van der Waals surface area contributed by atoms with Gasteiger partial charge >= 0.3 is 0 Å². The van der Waals surface area contributed by atoms with Crippen LogP contribution in [-0.4, -0.2) is 15.0 Å². The number of H-pyrrole nitrogens is 1. The Balaban J connectivity index is 2.12. The summed E-state index contributed by atoms with van der Waals surface area (Å²) in [5.74, 6) is 0.647. The molecule has 2 aromatic heterocycles. The molecular formula is C13H18N4OS. The van der Waals surface area contributed by atoms with E-state index in [4.69, 9.17) is 0 Å². The minimum Gasteiger partial charge on any atom is -0.310 e. The molecule has 0 radical (unpaired) electrons. The second-order valence-corrected chi connectivity index (χ2v) is 5.67. The van der Waals surface area contributed by atoms with E-state index in [1.165, 1.54) is 0 Å². The third kappa shape index (κ3) is 3.27. The highest BCUT2D eigenvalue weighted by atomic mass is 32.1. The first-order valence-corrected chi connectivity index (χ1v) is 7.07. The van der Waals surface area contributed by atoms with Gasteiger partial charge in [0.2, 0.25) is 0 Å². The van der Waals surface area contributed by atoms with Crippen LogP contribution in [0, 0.1) is 20.8 Å². The first kappa shape index (κ1) is 13.9. The van der Waals surface area contributed by atoms with E-state index in [0.717, 1.165) is 16.4 Å². The minimum atomic E-state index is -0.0699. The summed E-state index contributed by atoms with van der Waals surface area (Å²) >= 11 is 1.63. The molecule has 0 saturated carbocycles. The number of aryl methyl sites for hydroxylation is 3. The Morgan fingerprint density at radius 3 is 2.68 bits per heavy atom. The Morgan fingerprint density at radius 1 is 1.37 bits per heavy atom. The SMILES string of the molecule is Cc1nc(C)c(C(C)NCc2csc(C)n2)c(=O)[nH]1. The van der Waals surface area contributed by atoms with Crippen LogP contribution in [0.4, 0.5) is 0 Å². The van der Waals surface area contributed by atoms with Gasteiger partial charge in [0.25, 0.3) is 5.56 Å². The summed E-state index contributed by atoms with van der Waals surface area (Å²) in [5, 5.41) is 6.39. The highest BCUT2D eigenvalue weighted by molar-refractivity contribution is 7.09. The number of hydrogen-bond acceptors (Lipinski definition) is 5. The lowest BCUT2D eigenvalue weighted by atomic mass is 10.1. The standard InChI is InChI=1S/C13H18N4OS/c1-7(14-5-11-6-19-10(4)17-11)12-8(2)15-9(3)16-13(12)18/h6-7,14H,5H2,1-4H3,(H,15,16,18). The maximum atomic E-state index is 12.0. The van der Waals surface area contributed by atoms with E-state index in [9.17, 15) is 4.79 Å². The summed E-state index contributed by atoms with van der Waals surface area (Å²) in [6.45, 7) is 8.25. The lowest BCUT2D eigenvalue weighted by Gasteiger charge is -2.14. The number of nitrogens with zero attached hydrogens (tertiary/aromatic N) is 2. The van der Waals surface area contributed by atoms with Gasteiger partial charge in [0.05, 0.1) is 16.3 Å². The molecular weight excluding hydrogens is 260 g/mol. The van der Waals surface area contributed by atoms with Gasteiger partial charge in [0.15, 0.2) is 0 Å². The first-order chi connectivity index (χ1) is 8.97. The fourth-order valence-electron chi connectivity index (χ4n) is 2.09. The molecule has 2 heterocycles.